The molecule has 1 aliphatic rings. The largest absolute Gasteiger partial charge is 0.356 e. The smallest absolute Gasteiger partial charge is 0.193 e. The van der Waals surface area contributed by atoms with E-state index in [0.29, 0.717) is 0 Å². The van der Waals surface area contributed by atoms with Gasteiger partial charge in [0.25, 0.3) is 0 Å². The van der Waals surface area contributed by atoms with Gasteiger partial charge in [-0.2, -0.15) is 5.10 Å². The molecule has 0 atom stereocenters. The highest BCUT2D eigenvalue weighted by molar-refractivity contribution is 14.0. The summed E-state index contributed by atoms with van der Waals surface area (Å²) in [6.07, 6.45) is 10.7. The molecule has 1 aliphatic heterocycles. The quantitative estimate of drug-likeness (QED) is 0.308. The van der Waals surface area contributed by atoms with Crippen LogP contribution in [-0.2, 0) is 13.5 Å². The lowest BCUT2D eigenvalue weighted by atomic mass is 10.0. The topological polar surface area (TPSA) is 45.5 Å². The third kappa shape index (κ3) is 6.68. The molecule has 0 aliphatic carbocycles. The van der Waals surface area contributed by atoms with Gasteiger partial charge in [-0.25, -0.2) is 0 Å². The van der Waals surface area contributed by atoms with E-state index < -0.39 is 0 Å². The van der Waals surface area contributed by atoms with E-state index in [0.717, 1.165) is 51.3 Å². The number of guanidine groups is 1. The number of hydrogen-bond donors (Lipinski definition) is 1. The number of nitrogens with zero attached hydrogens (tertiary/aromatic N) is 4. The van der Waals surface area contributed by atoms with E-state index >= 15 is 0 Å². The number of hydrogen-bond acceptors (Lipinski definition) is 2. The van der Waals surface area contributed by atoms with Crippen molar-refractivity contribution >= 4 is 36.0 Å². The molecular formula is C21H30IN5. The van der Waals surface area contributed by atoms with Crippen molar-refractivity contribution in [3.63, 3.8) is 0 Å². The molecule has 5 nitrogen and oxygen atoms in total. The minimum Gasteiger partial charge on any atom is -0.356 e. The van der Waals surface area contributed by atoms with Crippen molar-refractivity contribution in [3.05, 3.63) is 59.4 Å². The zero-order valence-electron chi connectivity index (χ0n) is 16.3. The van der Waals surface area contributed by atoms with Crippen LogP contribution in [0.25, 0.3) is 6.08 Å². The maximum Gasteiger partial charge on any atom is 0.193 e. The van der Waals surface area contributed by atoms with Crippen molar-refractivity contribution in [2.45, 2.75) is 25.7 Å². The van der Waals surface area contributed by atoms with E-state index in [9.17, 15) is 0 Å². The molecule has 6 heteroatoms. The van der Waals surface area contributed by atoms with E-state index in [1.54, 1.807) is 0 Å². The van der Waals surface area contributed by atoms with Crippen LogP contribution in [0.2, 0.25) is 0 Å². The van der Waals surface area contributed by atoms with Crippen molar-refractivity contribution in [1.82, 2.24) is 20.0 Å². The highest BCUT2D eigenvalue weighted by Gasteiger charge is 2.16. The Morgan fingerprint density at radius 3 is 2.59 bits per heavy atom. The Bertz CT molecular complexity index is 741. The number of rotatable bonds is 5. The Morgan fingerprint density at radius 2 is 1.96 bits per heavy atom. The second kappa shape index (κ2) is 11.1. The molecule has 27 heavy (non-hydrogen) atoms. The molecule has 0 bridgehead atoms. The van der Waals surface area contributed by atoms with Gasteiger partial charge < -0.3 is 10.2 Å². The summed E-state index contributed by atoms with van der Waals surface area (Å²) in [5, 5.41) is 7.73. The average molecular weight is 479 g/mol. The van der Waals surface area contributed by atoms with Crippen LogP contribution >= 0.6 is 24.0 Å². The van der Waals surface area contributed by atoms with Gasteiger partial charge in [0.15, 0.2) is 5.96 Å². The number of aliphatic imine (C=N–C) groups is 1. The summed E-state index contributed by atoms with van der Waals surface area (Å²) in [5.41, 5.74) is 4.12. The molecule has 0 saturated carbocycles. The van der Waals surface area contributed by atoms with E-state index in [-0.39, 0.29) is 24.0 Å². The number of aromatic nitrogens is 2. The maximum atomic E-state index is 4.46. The Labute approximate surface area is 179 Å². The van der Waals surface area contributed by atoms with Crippen LogP contribution in [-0.4, -0.2) is 47.3 Å². The molecule has 1 fully saturated rings. The molecule has 1 saturated heterocycles. The Kier molecular flexibility index (Phi) is 8.84. The van der Waals surface area contributed by atoms with Crippen molar-refractivity contribution < 1.29 is 0 Å². The Hall–Kier alpha value is -1.83. The van der Waals surface area contributed by atoms with E-state index in [1.807, 2.05) is 25.0 Å². The number of nitrogens with one attached hydrogen (secondary N) is 1. The summed E-state index contributed by atoms with van der Waals surface area (Å²) in [4.78, 5) is 6.83. The minimum atomic E-state index is 0. The number of piperidine rings is 1. The van der Waals surface area contributed by atoms with E-state index in [2.05, 4.69) is 62.9 Å². The first-order valence-electron chi connectivity index (χ1n) is 9.42. The first-order valence-corrected chi connectivity index (χ1v) is 9.42. The van der Waals surface area contributed by atoms with Crippen molar-refractivity contribution in [2.75, 3.05) is 26.7 Å². The third-order valence-electron chi connectivity index (χ3n) is 4.77. The molecule has 3 rings (SSSR count). The summed E-state index contributed by atoms with van der Waals surface area (Å²) in [7, 11) is 3.83. The molecule has 2 aromatic rings. The van der Waals surface area contributed by atoms with Crippen molar-refractivity contribution in [1.29, 1.82) is 0 Å². The van der Waals surface area contributed by atoms with Crippen LogP contribution in [0.4, 0.5) is 0 Å². The van der Waals surface area contributed by atoms with Crippen LogP contribution in [0.3, 0.4) is 0 Å². The van der Waals surface area contributed by atoms with Crippen molar-refractivity contribution in [2.24, 2.45) is 12.0 Å². The predicted octanol–water partition coefficient (Wildman–Crippen LogP) is 3.73. The molecule has 2 heterocycles. The van der Waals surface area contributed by atoms with Gasteiger partial charge in [0.1, 0.15) is 0 Å². The summed E-state index contributed by atoms with van der Waals surface area (Å²) in [6.45, 7) is 2.99. The van der Waals surface area contributed by atoms with Crippen LogP contribution in [0.1, 0.15) is 30.4 Å². The SMILES string of the molecule is CN=C(NCCCc1cnn(C)c1)N1CCC(=Cc2ccccc2)CC1.I. The zero-order chi connectivity index (χ0) is 18.2. The molecule has 0 radical (unpaired) electrons. The van der Waals surface area contributed by atoms with Gasteiger partial charge in [-0.3, -0.25) is 9.67 Å². The maximum absolute atomic E-state index is 4.46. The van der Waals surface area contributed by atoms with Gasteiger partial charge >= 0.3 is 0 Å². The Morgan fingerprint density at radius 1 is 1.22 bits per heavy atom. The fraction of sp³-hybridized carbons (Fsp3) is 0.429. The minimum absolute atomic E-state index is 0. The number of aryl methyl sites for hydroxylation is 2. The number of halogens is 1. The van der Waals surface area contributed by atoms with Crippen LogP contribution in [0.5, 0.6) is 0 Å². The van der Waals surface area contributed by atoms with Gasteiger partial charge in [0, 0.05) is 39.9 Å². The monoisotopic (exact) mass is 479 g/mol. The van der Waals surface area contributed by atoms with Gasteiger partial charge in [-0.05, 0) is 36.8 Å². The average Bonchev–Trinajstić information content (AvgIpc) is 3.09. The lowest BCUT2D eigenvalue weighted by molar-refractivity contribution is 0.375. The van der Waals surface area contributed by atoms with Gasteiger partial charge in [-0.1, -0.05) is 42.0 Å². The lowest BCUT2D eigenvalue weighted by Gasteiger charge is -2.31. The molecule has 1 aromatic heterocycles. The molecule has 1 N–H and O–H groups in total. The summed E-state index contributed by atoms with van der Waals surface area (Å²) in [6, 6.07) is 10.6. The fourth-order valence-electron chi connectivity index (χ4n) is 3.36. The van der Waals surface area contributed by atoms with Crippen LogP contribution < -0.4 is 5.32 Å². The van der Waals surface area contributed by atoms with Crippen LogP contribution in [0.15, 0.2) is 53.3 Å². The second-order valence-corrected chi connectivity index (χ2v) is 6.80. The summed E-state index contributed by atoms with van der Waals surface area (Å²) >= 11 is 0. The first-order chi connectivity index (χ1) is 12.7. The predicted molar refractivity (Wildman–Crippen MR) is 124 cm³/mol. The summed E-state index contributed by atoms with van der Waals surface area (Å²) < 4.78 is 1.86. The molecular weight excluding hydrogens is 449 g/mol. The highest BCUT2D eigenvalue weighted by Crippen LogP contribution is 2.19. The Balaban J connectivity index is 0.00000261. The standard InChI is InChI=1S/C21H29N5.HI/c1-22-21(23-12-6-9-20-16-24-25(2)17-20)26-13-10-19(11-14-26)15-18-7-4-3-5-8-18;/h3-5,7-8,15-17H,6,9-14H2,1-2H3,(H,22,23);1H. The molecule has 0 unspecified atom stereocenters. The second-order valence-electron chi connectivity index (χ2n) is 6.80. The highest BCUT2D eigenvalue weighted by atomic mass is 127. The molecule has 146 valence electrons. The number of likely N-dealkylation sites (tertiary alicyclic amines) is 1. The summed E-state index contributed by atoms with van der Waals surface area (Å²) in [5.74, 6) is 1.02. The molecule has 0 amide bonds. The molecule has 0 spiro atoms. The van der Waals surface area contributed by atoms with E-state index in [4.69, 9.17) is 0 Å². The third-order valence-corrected chi connectivity index (χ3v) is 4.77. The normalized spacial score (nSPS) is 14.7. The fourth-order valence-corrected chi connectivity index (χ4v) is 3.36. The zero-order valence-corrected chi connectivity index (χ0v) is 18.6. The van der Waals surface area contributed by atoms with E-state index in [1.165, 1.54) is 16.7 Å². The number of benzene rings is 1. The lowest BCUT2D eigenvalue weighted by Crippen LogP contribution is -2.44. The molecule has 1 aromatic carbocycles. The van der Waals surface area contributed by atoms with Crippen LogP contribution in [0, 0.1) is 0 Å². The van der Waals surface area contributed by atoms with Gasteiger partial charge in [0.05, 0.1) is 6.20 Å². The van der Waals surface area contributed by atoms with Gasteiger partial charge in [0.2, 0.25) is 0 Å². The van der Waals surface area contributed by atoms with Gasteiger partial charge in [-0.15, -0.1) is 24.0 Å². The van der Waals surface area contributed by atoms with Crippen molar-refractivity contribution in [3.8, 4) is 0 Å². The first kappa shape index (κ1) is 21.5.